The zero-order chi connectivity index (χ0) is 19.8. The van der Waals surface area contributed by atoms with Crippen molar-refractivity contribution in [1.29, 1.82) is 0 Å². The van der Waals surface area contributed by atoms with E-state index in [4.69, 9.17) is 28.4 Å². The molecule has 0 aromatic rings. The molecule has 0 fully saturated rings. The normalized spacial score (nSPS) is 11.0. The monoisotopic (exact) mass is 394 g/mol. The van der Waals surface area contributed by atoms with E-state index in [1.165, 1.54) is 26.4 Å². The van der Waals surface area contributed by atoms with E-state index in [1.807, 2.05) is 0 Å². The Morgan fingerprint density at radius 1 is 0.556 bits per heavy atom. The molecule has 0 spiro atoms. The first-order valence-electron chi connectivity index (χ1n) is 9.84. The molecule has 0 atom stereocenters. The summed E-state index contributed by atoms with van der Waals surface area (Å²) in [7, 11) is 1.32. The zero-order valence-electron chi connectivity index (χ0n) is 17.1. The number of rotatable bonds is 22. The van der Waals surface area contributed by atoms with Crippen LogP contribution >= 0.6 is 0 Å². The highest BCUT2D eigenvalue weighted by atomic mass is 16.6. The van der Waals surface area contributed by atoms with Crippen molar-refractivity contribution in [2.75, 3.05) is 86.4 Å². The van der Waals surface area contributed by atoms with Crippen molar-refractivity contribution in [3.05, 3.63) is 0 Å². The van der Waals surface area contributed by atoms with Gasteiger partial charge in [-0.2, -0.15) is 0 Å². The average Bonchev–Trinajstić information content (AvgIpc) is 2.68. The van der Waals surface area contributed by atoms with Gasteiger partial charge in [0.15, 0.2) is 0 Å². The number of hydrogen-bond donors (Lipinski definition) is 0. The molecular formula is C19H38O8. The van der Waals surface area contributed by atoms with Crippen molar-refractivity contribution in [2.24, 2.45) is 0 Å². The summed E-state index contributed by atoms with van der Waals surface area (Å²) in [6, 6.07) is 0. The summed E-state index contributed by atoms with van der Waals surface area (Å²) in [5.41, 5.74) is 0. The fourth-order valence-corrected chi connectivity index (χ4v) is 1.94. The van der Waals surface area contributed by atoms with Crippen molar-refractivity contribution >= 4 is 5.97 Å². The molecule has 27 heavy (non-hydrogen) atoms. The molecule has 8 heteroatoms. The molecule has 0 aliphatic rings. The maximum absolute atomic E-state index is 10.8. The van der Waals surface area contributed by atoms with Gasteiger partial charge in [0, 0.05) is 6.61 Å². The fourth-order valence-electron chi connectivity index (χ4n) is 1.94. The van der Waals surface area contributed by atoms with Crippen LogP contribution in [-0.4, -0.2) is 92.4 Å². The Balaban J connectivity index is 3.00. The first-order valence-corrected chi connectivity index (χ1v) is 9.84. The Hall–Kier alpha value is -0.770. The maximum atomic E-state index is 10.8. The van der Waals surface area contributed by atoms with E-state index in [0.717, 1.165) is 13.0 Å². The van der Waals surface area contributed by atoms with Crippen LogP contribution in [0.2, 0.25) is 0 Å². The van der Waals surface area contributed by atoms with Crippen molar-refractivity contribution < 1.29 is 38.0 Å². The molecule has 0 radical (unpaired) electrons. The van der Waals surface area contributed by atoms with Gasteiger partial charge in [0.1, 0.15) is 6.61 Å². The minimum Gasteiger partial charge on any atom is -0.467 e. The lowest BCUT2D eigenvalue weighted by Gasteiger charge is -2.08. The van der Waals surface area contributed by atoms with Gasteiger partial charge in [-0.3, -0.25) is 0 Å². The summed E-state index contributed by atoms with van der Waals surface area (Å²) >= 11 is 0. The van der Waals surface area contributed by atoms with Crippen LogP contribution in [0.1, 0.15) is 32.6 Å². The van der Waals surface area contributed by atoms with Crippen LogP contribution in [0.4, 0.5) is 0 Å². The zero-order valence-corrected chi connectivity index (χ0v) is 17.1. The van der Waals surface area contributed by atoms with E-state index in [2.05, 4.69) is 11.7 Å². The molecule has 8 nitrogen and oxygen atoms in total. The number of hydrogen-bond acceptors (Lipinski definition) is 8. The molecule has 0 aromatic carbocycles. The van der Waals surface area contributed by atoms with Gasteiger partial charge in [0.2, 0.25) is 0 Å². The topological polar surface area (TPSA) is 81.7 Å². The maximum Gasteiger partial charge on any atom is 0.331 e. The van der Waals surface area contributed by atoms with Crippen LogP contribution in [0, 0.1) is 0 Å². The van der Waals surface area contributed by atoms with Crippen molar-refractivity contribution in [1.82, 2.24) is 0 Å². The standard InChI is InChI=1S/C19H38O8/c1-3-4-5-6-7-22-8-9-23-10-11-24-12-13-25-14-15-26-16-17-27-18-19(20)21-2/h3-18H2,1-2H3. The number of ether oxygens (including phenoxy) is 7. The van der Waals surface area contributed by atoms with Crippen LogP contribution in [0.5, 0.6) is 0 Å². The van der Waals surface area contributed by atoms with Gasteiger partial charge >= 0.3 is 5.97 Å². The summed E-state index contributed by atoms with van der Waals surface area (Å²) < 4.78 is 36.5. The molecule has 0 aromatic heterocycles. The van der Waals surface area contributed by atoms with E-state index in [9.17, 15) is 4.79 Å². The summed E-state index contributed by atoms with van der Waals surface area (Å²) in [5.74, 6) is -0.394. The number of methoxy groups -OCH3 is 1. The highest BCUT2D eigenvalue weighted by molar-refractivity contribution is 5.70. The number of esters is 1. The smallest absolute Gasteiger partial charge is 0.331 e. The third kappa shape index (κ3) is 23.2. The van der Waals surface area contributed by atoms with E-state index < -0.39 is 5.97 Å². The van der Waals surface area contributed by atoms with E-state index >= 15 is 0 Å². The molecule has 0 heterocycles. The predicted molar refractivity (Wildman–Crippen MR) is 101 cm³/mol. The minimum absolute atomic E-state index is 0.0521. The van der Waals surface area contributed by atoms with E-state index in [1.54, 1.807) is 0 Å². The molecule has 0 aliphatic carbocycles. The largest absolute Gasteiger partial charge is 0.467 e. The Bertz CT molecular complexity index is 301. The second-order valence-corrected chi connectivity index (χ2v) is 5.75. The van der Waals surface area contributed by atoms with Gasteiger partial charge in [-0.15, -0.1) is 0 Å². The Kier molecular flexibility index (Phi) is 22.6. The Labute approximate surface area is 163 Å². The summed E-state index contributed by atoms with van der Waals surface area (Å²) in [6.45, 7) is 8.10. The molecule has 0 unspecified atom stereocenters. The van der Waals surface area contributed by atoms with Gasteiger partial charge in [-0.05, 0) is 6.42 Å². The molecule has 0 rings (SSSR count). The van der Waals surface area contributed by atoms with E-state index in [-0.39, 0.29) is 6.61 Å². The molecule has 0 amide bonds. The second-order valence-electron chi connectivity index (χ2n) is 5.75. The third-order valence-electron chi connectivity index (χ3n) is 3.45. The predicted octanol–water partition coefficient (Wildman–Crippen LogP) is 1.84. The first kappa shape index (κ1) is 26.2. The van der Waals surface area contributed by atoms with Crippen LogP contribution in [0.3, 0.4) is 0 Å². The molecule has 0 N–H and O–H groups in total. The summed E-state index contributed by atoms with van der Waals surface area (Å²) in [4.78, 5) is 10.8. The van der Waals surface area contributed by atoms with Crippen LogP contribution in [0.15, 0.2) is 0 Å². The molecule has 162 valence electrons. The van der Waals surface area contributed by atoms with Crippen LogP contribution in [0.25, 0.3) is 0 Å². The Morgan fingerprint density at radius 2 is 0.963 bits per heavy atom. The number of carbonyl (C=O) groups excluding carboxylic acids is 1. The first-order chi connectivity index (χ1) is 13.3. The minimum atomic E-state index is -0.394. The highest BCUT2D eigenvalue weighted by Crippen LogP contribution is 1.98. The quantitative estimate of drug-likeness (QED) is 0.203. The molecule has 0 saturated carbocycles. The third-order valence-corrected chi connectivity index (χ3v) is 3.45. The molecular weight excluding hydrogens is 356 g/mol. The van der Waals surface area contributed by atoms with E-state index in [0.29, 0.717) is 66.1 Å². The number of carbonyl (C=O) groups is 1. The average molecular weight is 395 g/mol. The lowest BCUT2D eigenvalue weighted by Crippen LogP contribution is -2.15. The molecule has 0 aliphatic heterocycles. The summed E-state index contributed by atoms with van der Waals surface area (Å²) in [5, 5.41) is 0. The van der Waals surface area contributed by atoms with Gasteiger partial charge in [0.05, 0.1) is 73.2 Å². The van der Waals surface area contributed by atoms with Crippen molar-refractivity contribution in [3.63, 3.8) is 0 Å². The fraction of sp³-hybridized carbons (Fsp3) is 0.947. The lowest BCUT2D eigenvalue weighted by molar-refractivity contribution is -0.146. The lowest BCUT2D eigenvalue weighted by atomic mass is 10.2. The summed E-state index contributed by atoms with van der Waals surface area (Å²) in [6.07, 6.45) is 4.90. The Morgan fingerprint density at radius 3 is 1.37 bits per heavy atom. The molecule has 0 bridgehead atoms. The molecule has 0 saturated heterocycles. The van der Waals surface area contributed by atoms with Crippen LogP contribution < -0.4 is 0 Å². The van der Waals surface area contributed by atoms with Gasteiger partial charge in [-0.1, -0.05) is 26.2 Å². The van der Waals surface area contributed by atoms with Gasteiger partial charge in [-0.25, -0.2) is 4.79 Å². The van der Waals surface area contributed by atoms with Gasteiger partial charge < -0.3 is 33.2 Å². The number of unbranched alkanes of at least 4 members (excludes halogenated alkanes) is 3. The SMILES string of the molecule is CCCCCCOCCOCCOCCOCCOCCOCC(=O)OC. The van der Waals surface area contributed by atoms with Crippen molar-refractivity contribution in [2.45, 2.75) is 32.6 Å². The van der Waals surface area contributed by atoms with Gasteiger partial charge in [0.25, 0.3) is 0 Å². The van der Waals surface area contributed by atoms with Crippen LogP contribution in [-0.2, 0) is 38.0 Å². The second kappa shape index (κ2) is 23.3. The highest BCUT2D eigenvalue weighted by Gasteiger charge is 1.99. The van der Waals surface area contributed by atoms with Crippen molar-refractivity contribution in [3.8, 4) is 0 Å².